The van der Waals surface area contributed by atoms with E-state index in [1.54, 1.807) is 12.3 Å². The highest BCUT2D eigenvalue weighted by atomic mass is 15.1. The molecule has 0 aliphatic rings. The average Bonchev–Trinajstić information content (AvgIpc) is 2.96. The van der Waals surface area contributed by atoms with Gasteiger partial charge in [0.25, 0.3) is 0 Å². The monoisotopic (exact) mass is 211 g/mol. The fourth-order valence-corrected chi connectivity index (χ4v) is 1.67. The third kappa shape index (κ3) is 1.22. The van der Waals surface area contributed by atoms with Crippen LogP contribution in [0.2, 0.25) is 0 Å². The van der Waals surface area contributed by atoms with Crippen LogP contribution in [0.3, 0.4) is 0 Å². The Hall–Kier alpha value is -2.43. The van der Waals surface area contributed by atoms with Crippen LogP contribution in [0.4, 0.5) is 0 Å². The molecule has 0 aliphatic carbocycles. The van der Waals surface area contributed by atoms with Gasteiger partial charge >= 0.3 is 0 Å². The van der Waals surface area contributed by atoms with E-state index < -0.39 is 0 Å². The van der Waals surface area contributed by atoms with Gasteiger partial charge in [0, 0.05) is 11.8 Å². The van der Waals surface area contributed by atoms with Crippen LogP contribution < -0.4 is 0 Å². The standard InChI is InChI=1S/C11H9N5/c1-2-8-11-10(13-6-12-8)3-9(16-11)7-4-14-15-5-7/h2-6,16H,1H2,(H,14,15). The SMILES string of the molecule is C=Cc1ncnc2cc(-c3cn[nH]c3)[nH]c12. The van der Waals surface area contributed by atoms with Gasteiger partial charge in [0.2, 0.25) is 0 Å². The molecule has 3 rings (SSSR count). The molecule has 78 valence electrons. The van der Waals surface area contributed by atoms with Crippen molar-refractivity contribution in [3.8, 4) is 11.3 Å². The number of H-pyrrole nitrogens is 2. The van der Waals surface area contributed by atoms with Crippen LogP contribution in [-0.4, -0.2) is 25.1 Å². The predicted octanol–water partition coefficient (Wildman–Crippen LogP) is 1.99. The highest BCUT2D eigenvalue weighted by Crippen LogP contribution is 2.23. The van der Waals surface area contributed by atoms with Crippen molar-refractivity contribution in [2.75, 3.05) is 0 Å². The first-order valence-electron chi connectivity index (χ1n) is 4.84. The summed E-state index contributed by atoms with van der Waals surface area (Å²) in [5.41, 5.74) is 4.54. The predicted molar refractivity (Wildman–Crippen MR) is 61.6 cm³/mol. The van der Waals surface area contributed by atoms with Crippen molar-refractivity contribution in [1.82, 2.24) is 25.1 Å². The first-order chi connectivity index (χ1) is 7.88. The van der Waals surface area contributed by atoms with Gasteiger partial charge in [-0.3, -0.25) is 5.10 Å². The van der Waals surface area contributed by atoms with E-state index in [2.05, 4.69) is 31.7 Å². The Morgan fingerprint density at radius 1 is 1.31 bits per heavy atom. The van der Waals surface area contributed by atoms with Crippen molar-refractivity contribution in [3.05, 3.63) is 37.1 Å². The Balaban J connectivity index is 2.27. The third-order valence-electron chi connectivity index (χ3n) is 2.45. The van der Waals surface area contributed by atoms with Gasteiger partial charge < -0.3 is 4.98 Å². The van der Waals surface area contributed by atoms with E-state index in [0.717, 1.165) is 28.0 Å². The van der Waals surface area contributed by atoms with Crippen LogP contribution in [-0.2, 0) is 0 Å². The van der Waals surface area contributed by atoms with E-state index in [9.17, 15) is 0 Å². The Labute approximate surface area is 91.3 Å². The molecule has 3 heterocycles. The van der Waals surface area contributed by atoms with Gasteiger partial charge in [0.1, 0.15) is 6.33 Å². The topological polar surface area (TPSA) is 70.2 Å². The second-order valence-electron chi connectivity index (χ2n) is 3.39. The summed E-state index contributed by atoms with van der Waals surface area (Å²) >= 11 is 0. The second kappa shape index (κ2) is 3.30. The Kier molecular flexibility index (Phi) is 1.83. The molecule has 0 atom stereocenters. The summed E-state index contributed by atoms with van der Waals surface area (Å²) in [4.78, 5) is 11.6. The molecule has 0 aliphatic heterocycles. The van der Waals surface area contributed by atoms with Crippen LogP contribution in [0.25, 0.3) is 28.4 Å². The molecular formula is C11H9N5. The highest BCUT2D eigenvalue weighted by Gasteiger charge is 2.07. The third-order valence-corrected chi connectivity index (χ3v) is 2.45. The molecule has 5 nitrogen and oxygen atoms in total. The summed E-state index contributed by atoms with van der Waals surface area (Å²) < 4.78 is 0. The van der Waals surface area contributed by atoms with E-state index in [1.165, 1.54) is 6.33 Å². The van der Waals surface area contributed by atoms with E-state index in [4.69, 9.17) is 0 Å². The Bertz CT molecular complexity index is 636. The van der Waals surface area contributed by atoms with Crippen LogP contribution in [0.15, 0.2) is 31.4 Å². The quantitative estimate of drug-likeness (QED) is 0.681. The van der Waals surface area contributed by atoms with Crippen molar-refractivity contribution < 1.29 is 0 Å². The number of hydrogen-bond donors (Lipinski definition) is 2. The minimum Gasteiger partial charge on any atom is -0.351 e. The minimum absolute atomic E-state index is 0.805. The second-order valence-corrected chi connectivity index (χ2v) is 3.39. The summed E-state index contributed by atoms with van der Waals surface area (Å²) in [6.07, 6.45) is 6.82. The van der Waals surface area contributed by atoms with Gasteiger partial charge in [-0.1, -0.05) is 6.58 Å². The van der Waals surface area contributed by atoms with Crippen molar-refractivity contribution >= 4 is 17.1 Å². The van der Waals surface area contributed by atoms with Crippen LogP contribution in [0, 0.1) is 0 Å². The van der Waals surface area contributed by atoms with Crippen LogP contribution in [0.1, 0.15) is 5.69 Å². The summed E-state index contributed by atoms with van der Waals surface area (Å²) in [5.74, 6) is 0. The largest absolute Gasteiger partial charge is 0.351 e. The van der Waals surface area contributed by atoms with Crippen molar-refractivity contribution in [2.45, 2.75) is 0 Å². The number of aromatic nitrogens is 5. The molecular weight excluding hydrogens is 202 g/mol. The lowest BCUT2D eigenvalue weighted by Gasteiger charge is -1.93. The fraction of sp³-hybridized carbons (Fsp3) is 0. The number of nitrogens with zero attached hydrogens (tertiary/aromatic N) is 3. The molecule has 0 spiro atoms. The normalized spacial score (nSPS) is 10.8. The molecule has 0 unspecified atom stereocenters. The zero-order chi connectivity index (χ0) is 11.0. The first-order valence-corrected chi connectivity index (χ1v) is 4.84. The molecule has 0 bridgehead atoms. The summed E-state index contributed by atoms with van der Waals surface area (Å²) in [6, 6.07) is 1.97. The molecule has 0 saturated carbocycles. The molecule has 5 heteroatoms. The maximum Gasteiger partial charge on any atom is 0.116 e. The zero-order valence-electron chi connectivity index (χ0n) is 8.44. The van der Waals surface area contributed by atoms with Crippen LogP contribution in [0.5, 0.6) is 0 Å². The molecule has 0 aromatic carbocycles. The van der Waals surface area contributed by atoms with Gasteiger partial charge in [-0.2, -0.15) is 5.10 Å². The van der Waals surface area contributed by atoms with Gasteiger partial charge in [-0.25, -0.2) is 9.97 Å². The molecule has 2 N–H and O–H groups in total. The lowest BCUT2D eigenvalue weighted by atomic mass is 10.2. The zero-order valence-corrected chi connectivity index (χ0v) is 8.44. The summed E-state index contributed by atoms with van der Waals surface area (Å²) in [5, 5.41) is 6.69. The minimum atomic E-state index is 0.805. The lowest BCUT2D eigenvalue weighted by Crippen LogP contribution is -1.84. The van der Waals surface area contributed by atoms with Gasteiger partial charge in [0.15, 0.2) is 0 Å². The summed E-state index contributed by atoms with van der Waals surface area (Å²) in [6.45, 7) is 3.72. The maximum absolute atomic E-state index is 4.20. The Morgan fingerprint density at radius 2 is 2.25 bits per heavy atom. The van der Waals surface area contributed by atoms with Crippen molar-refractivity contribution in [1.29, 1.82) is 0 Å². The van der Waals surface area contributed by atoms with Crippen molar-refractivity contribution in [3.63, 3.8) is 0 Å². The van der Waals surface area contributed by atoms with E-state index in [0.29, 0.717) is 0 Å². The van der Waals surface area contributed by atoms with Crippen molar-refractivity contribution in [2.24, 2.45) is 0 Å². The number of nitrogens with one attached hydrogen (secondary N) is 2. The van der Waals surface area contributed by atoms with Gasteiger partial charge in [-0.15, -0.1) is 0 Å². The smallest absolute Gasteiger partial charge is 0.116 e. The van der Waals surface area contributed by atoms with Crippen LogP contribution >= 0.6 is 0 Å². The molecule has 0 radical (unpaired) electrons. The lowest BCUT2D eigenvalue weighted by molar-refractivity contribution is 1.09. The fourth-order valence-electron chi connectivity index (χ4n) is 1.67. The number of fused-ring (bicyclic) bond motifs is 1. The number of aromatic amines is 2. The summed E-state index contributed by atoms with van der Waals surface area (Å²) in [7, 11) is 0. The molecule has 0 saturated heterocycles. The first kappa shape index (κ1) is 8.84. The van der Waals surface area contributed by atoms with E-state index >= 15 is 0 Å². The van der Waals surface area contributed by atoms with E-state index in [-0.39, 0.29) is 0 Å². The average molecular weight is 211 g/mol. The molecule has 0 amide bonds. The highest BCUT2D eigenvalue weighted by molar-refractivity contribution is 5.87. The number of rotatable bonds is 2. The molecule has 16 heavy (non-hydrogen) atoms. The maximum atomic E-state index is 4.20. The Morgan fingerprint density at radius 3 is 3.00 bits per heavy atom. The molecule has 3 aromatic heterocycles. The van der Waals surface area contributed by atoms with E-state index in [1.807, 2.05) is 12.3 Å². The van der Waals surface area contributed by atoms with Gasteiger partial charge in [-0.05, 0) is 12.1 Å². The molecule has 0 fully saturated rings. The molecule has 3 aromatic rings. The number of hydrogen-bond acceptors (Lipinski definition) is 3. The van der Waals surface area contributed by atoms with Gasteiger partial charge in [0.05, 0.1) is 28.6 Å².